The minimum absolute atomic E-state index is 0.349. The van der Waals surface area contributed by atoms with E-state index < -0.39 is 0 Å². The summed E-state index contributed by atoms with van der Waals surface area (Å²) in [5.74, 6) is 2.36. The first-order valence-electron chi connectivity index (χ1n) is 8.33. The van der Waals surface area contributed by atoms with Gasteiger partial charge in [-0.25, -0.2) is 4.98 Å². The predicted octanol–water partition coefficient (Wildman–Crippen LogP) is 2.48. The number of aliphatic imine (C=N–C) groups is 1. The molecule has 1 aromatic rings. The van der Waals surface area contributed by atoms with Crippen molar-refractivity contribution >= 4 is 5.96 Å². The Hall–Kier alpha value is -1.78. The van der Waals surface area contributed by atoms with Crippen LogP contribution in [0.25, 0.3) is 0 Å². The van der Waals surface area contributed by atoms with E-state index in [9.17, 15) is 0 Å². The number of pyridine rings is 1. The van der Waals surface area contributed by atoms with Gasteiger partial charge in [-0.1, -0.05) is 6.92 Å². The fourth-order valence-corrected chi connectivity index (χ4v) is 2.88. The molecule has 0 saturated heterocycles. The van der Waals surface area contributed by atoms with Gasteiger partial charge in [0.1, 0.15) is 6.10 Å². The van der Waals surface area contributed by atoms with Crippen molar-refractivity contribution in [3.8, 4) is 5.88 Å². The Morgan fingerprint density at radius 3 is 2.86 bits per heavy atom. The monoisotopic (exact) mass is 302 g/mol. The molecule has 0 radical (unpaired) electrons. The van der Waals surface area contributed by atoms with E-state index in [1.807, 2.05) is 25.4 Å². The number of hydrogen-bond donors (Lipinski definition) is 2. The van der Waals surface area contributed by atoms with Crippen molar-refractivity contribution < 1.29 is 4.74 Å². The van der Waals surface area contributed by atoms with Crippen LogP contribution in [0.5, 0.6) is 5.88 Å². The van der Waals surface area contributed by atoms with E-state index in [2.05, 4.69) is 27.5 Å². The Labute approximate surface area is 132 Å². The molecular formula is C17H26N4O. The maximum absolute atomic E-state index is 5.95. The molecule has 2 aliphatic rings. The largest absolute Gasteiger partial charge is 0.474 e. The molecule has 3 rings (SSSR count). The molecule has 5 heteroatoms. The van der Waals surface area contributed by atoms with Crippen LogP contribution in [0.2, 0.25) is 0 Å². The molecule has 5 nitrogen and oxygen atoms in total. The summed E-state index contributed by atoms with van der Waals surface area (Å²) in [6.45, 7) is 2.98. The third-order valence-electron chi connectivity index (χ3n) is 4.50. The van der Waals surface area contributed by atoms with E-state index >= 15 is 0 Å². The zero-order chi connectivity index (χ0) is 15.4. The molecule has 1 heterocycles. The van der Waals surface area contributed by atoms with Crippen LogP contribution in [0.4, 0.5) is 0 Å². The van der Waals surface area contributed by atoms with Crippen molar-refractivity contribution in [3.63, 3.8) is 0 Å². The van der Waals surface area contributed by atoms with Crippen LogP contribution in [-0.2, 0) is 6.54 Å². The molecule has 2 aliphatic carbocycles. The first kappa shape index (κ1) is 15.1. The Kier molecular flexibility index (Phi) is 4.80. The van der Waals surface area contributed by atoms with Crippen LogP contribution in [-0.4, -0.2) is 30.1 Å². The Morgan fingerprint density at radius 1 is 1.41 bits per heavy atom. The number of nitrogens with one attached hydrogen (secondary N) is 2. The highest BCUT2D eigenvalue weighted by atomic mass is 16.5. The first-order valence-corrected chi connectivity index (χ1v) is 8.33. The van der Waals surface area contributed by atoms with E-state index in [-0.39, 0.29) is 0 Å². The second-order valence-electron chi connectivity index (χ2n) is 6.42. The highest BCUT2D eigenvalue weighted by Gasteiger charge is 2.33. The molecule has 0 aromatic carbocycles. The molecule has 2 saturated carbocycles. The van der Waals surface area contributed by atoms with Gasteiger partial charge in [0.2, 0.25) is 5.88 Å². The zero-order valence-corrected chi connectivity index (χ0v) is 13.5. The molecule has 0 aliphatic heterocycles. The molecule has 120 valence electrons. The van der Waals surface area contributed by atoms with Crippen LogP contribution in [0.1, 0.15) is 44.6 Å². The molecule has 22 heavy (non-hydrogen) atoms. The average molecular weight is 302 g/mol. The summed E-state index contributed by atoms with van der Waals surface area (Å²) in [6, 6.07) is 4.62. The molecule has 2 fully saturated rings. The summed E-state index contributed by atoms with van der Waals surface area (Å²) in [4.78, 5) is 8.59. The van der Waals surface area contributed by atoms with Crippen molar-refractivity contribution in [1.82, 2.24) is 15.6 Å². The van der Waals surface area contributed by atoms with Crippen molar-refractivity contribution in [1.29, 1.82) is 0 Å². The number of aromatic nitrogens is 1. The van der Waals surface area contributed by atoms with Gasteiger partial charge in [0.05, 0.1) is 0 Å². The summed E-state index contributed by atoms with van der Waals surface area (Å²) in [5.41, 5.74) is 1.16. The van der Waals surface area contributed by atoms with Gasteiger partial charge in [-0.15, -0.1) is 0 Å². The summed E-state index contributed by atoms with van der Waals surface area (Å²) < 4.78 is 5.95. The van der Waals surface area contributed by atoms with Gasteiger partial charge in [-0.05, 0) is 49.7 Å². The lowest BCUT2D eigenvalue weighted by molar-refractivity contribution is 0.201. The van der Waals surface area contributed by atoms with Crippen molar-refractivity contribution in [3.05, 3.63) is 23.9 Å². The highest BCUT2D eigenvalue weighted by molar-refractivity contribution is 5.80. The van der Waals surface area contributed by atoms with E-state index in [1.165, 1.54) is 19.3 Å². The molecule has 2 unspecified atom stereocenters. The number of guanidine groups is 1. The Balaban J connectivity index is 1.51. The minimum atomic E-state index is 0.349. The molecule has 2 atom stereocenters. The fourth-order valence-electron chi connectivity index (χ4n) is 2.88. The Bertz CT molecular complexity index is 525. The number of hydrogen-bond acceptors (Lipinski definition) is 3. The minimum Gasteiger partial charge on any atom is -0.474 e. The summed E-state index contributed by atoms with van der Waals surface area (Å²) >= 11 is 0. The van der Waals surface area contributed by atoms with E-state index in [0.717, 1.165) is 42.7 Å². The van der Waals surface area contributed by atoms with Crippen molar-refractivity contribution in [2.75, 3.05) is 7.05 Å². The quantitative estimate of drug-likeness (QED) is 0.648. The van der Waals surface area contributed by atoms with Crippen molar-refractivity contribution in [2.45, 2.75) is 57.7 Å². The SMILES string of the molecule is CN=C(NCc1ccnc(OC2CCCC2)c1)NC1CC1C. The molecule has 0 bridgehead atoms. The second kappa shape index (κ2) is 6.99. The fraction of sp³-hybridized carbons (Fsp3) is 0.647. The Morgan fingerprint density at radius 2 is 2.18 bits per heavy atom. The third kappa shape index (κ3) is 4.12. The number of rotatable bonds is 5. The average Bonchev–Trinajstić information content (AvgIpc) is 2.99. The van der Waals surface area contributed by atoms with Gasteiger partial charge < -0.3 is 15.4 Å². The third-order valence-corrected chi connectivity index (χ3v) is 4.50. The van der Waals surface area contributed by atoms with Gasteiger partial charge >= 0.3 is 0 Å². The topological polar surface area (TPSA) is 58.5 Å². The smallest absolute Gasteiger partial charge is 0.213 e. The molecule has 2 N–H and O–H groups in total. The second-order valence-corrected chi connectivity index (χ2v) is 6.42. The van der Waals surface area contributed by atoms with Crippen molar-refractivity contribution in [2.24, 2.45) is 10.9 Å². The maximum atomic E-state index is 5.95. The number of nitrogens with zero attached hydrogens (tertiary/aromatic N) is 2. The normalized spacial score (nSPS) is 25.1. The highest BCUT2D eigenvalue weighted by Crippen LogP contribution is 2.28. The lowest BCUT2D eigenvalue weighted by atomic mass is 10.2. The number of ether oxygens (including phenoxy) is 1. The van der Waals surface area contributed by atoms with Gasteiger partial charge in [0.15, 0.2) is 5.96 Å². The van der Waals surface area contributed by atoms with Gasteiger partial charge in [0.25, 0.3) is 0 Å². The van der Waals surface area contributed by atoms with E-state index in [4.69, 9.17) is 4.74 Å². The van der Waals surface area contributed by atoms with Crippen LogP contribution >= 0.6 is 0 Å². The van der Waals surface area contributed by atoms with Gasteiger partial charge in [0, 0.05) is 31.9 Å². The molecule has 1 aromatic heterocycles. The summed E-state index contributed by atoms with van der Waals surface area (Å²) in [6.07, 6.45) is 8.25. The van der Waals surface area contributed by atoms with Crippen LogP contribution in [0, 0.1) is 5.92 Å². The molecule has 0 amide bonds. The van der Waals surface area contributed by atoms with Gasteiger partial charge in [-0.3, -0.25) is 4.99 Å². The van der Waals surface area contributed by atoms with Crippen LogP contribution < -0.4 is 15.4 Å². The molecular weight excluding hydrogens is 276 g/mol. The first-order chi connectivity index (χ1) is 10.7. The van der Waals surface area contributed by atoms with Crippen LogP contribution in [0.3, 0.4) is 0 Å². The summed E-state index contributed by atoms with van der Waals surface area (Å²) in [7, 11) is 1.81. The predicted molar refractivity (Wildman–Crippen MR) is 88.0 cm³/mol. The van der Waals surface area contributed by atoms with E-state index in [0.29, 0.717) is 12.1 Å². The zero-order valence-electron chi connectivity index (χ0n) is 13.5. The standard InChI is InChI=1S/C17H26N4O/c1-12-9-15(12)21-17(18-2)20-11-13-7-8-19-16(10-13)22-14-5-3-4-6-14/h7-8,10,12,14-15H,3-6,9,11H2,1-2H3,(H2,18,20,21). The lowest BCUT2D eigenvalue weighted by Gasteiger charge is -2.14. The van der Waals surface area contributed by atoms with E-state index in [1.54, 1.807) is 0 Å². The molecule has 0 spiro atoms. The van der Waals surface area contributed by atoms with Gasteiger partial charge in [-0.2, -0.15) is 0 Å². The van der Waals surface area contributed by atoms with Crippen LogP contribution in [0.15, 0.2) is 23.3 Å². The lowest BCUT2D eigenvalue weighted by Crippen LogP contribution is -2.38. The maximum Gasteiger partial charge on any atom is 0.213 e. The summed E-state index contributed by atoms with van der Waals surface area (Å²) in [5, 5.41) is 6.78.